The molecular weight excluding hydrogens is 451 g/mol. The zero-order chi connectivity index (χ0) is 21.8. The van der Waals surface area contributed by atoms with E-state index in [4.69, 9.17) is 37.8 Å². The number of thioether (sulfide) groups is 1. The van der Waals surface area contributed by atoms with Crippen molar-refractivity contribution in [2.75, 3.05) is 7.11 Å². The Kier molecular flexibility index (Phi) is 6.91. The normalized spacial score (nSPS) is 17.1. The molecule has 0 saturated carbocycles. The number of carbonyl (C=O) groups excluding carboxylic acids is 1. The number of ether oxygens (including phenoxy) is 2. The molecule has 1 amide bonds. The Morgan fingerprint density at radius 1 is 1.27 bits per heavy atom. The van der Waals surface area contributed by atoms with Crippen LogP contribution in [0.1, 0.15) is 12.5 Å². The standard InChI is InChI=1S/C20H16Cl2N2O5S/c1-10(19(26)27)29-14-7-6-11(8-15(14)28-2)9-16-18(25)24-20(30-16)23-13-5-3-4-12(21)17(13)22/h3-10H,1-2H3,(H,26,27)(H,23,24,25)/b16-9+. The highest BCUT2D eigenvalue weighted by molar-refractivity contribution is 8.18. The van der Waals surface area contributed by atoms with Gasteiger partial charge in [-0.15, -0.1) is 0 Å². The smallest absolute Gasteiger partial charge is 0.344 e. The second-order valence-electron chi connectivity index (χ2n) is 6.06. The van der Waals surface area contributed by atoms with Gasteiger partial charge in [0.05, 0.1) is 27.7 Å². The molecule has 1 aliphatic heterocycles. The second kappa shape index (κ2) is 9.42. The number of hydrogen-bond donors (Lipinski definition) is 2. The first-order valence-electron chi connectivity index (χ1n) is 8.59. The Morgan fingerprint density at radius 3 is 2.73 bits per heavy atom. The Labute approximate surface area is 186 Å². The Morgan fingerprint density at radius 2 is 2.03 bits per heavy atom. The van der Waals surface area contributed by atoms with Crippen molar-refractivity contribution in [3.05, 3.63) is 56.9 Å². The van der Waals surface area contributed by atoms with Gasteiger partial charge in [-0.3, -0.25) is 4.79 Å². The summed E-state index contributed by atoms with van der Waals surface area (Å²) in [6.45, 7) is 1.42. The monoisotopic (exact) mass is 466 g/mol. The largest absolute Gasteiger partial charge is 0.493 e. The topological polar surface area (TPSA) is 97.2 Å². The molecular formula is C20H16Cl2N2O5S. The lowest BCUT2D eigenvalue weighted by Gasteiger charge is -2.14. The second-order valence-corrected chi connectivity index (χ2v) is 7.88. The molecule has 1 atom stereocenters. The zero-order valence-corrected chi connectivity index (χ0v) is 18.1. The van der Waals surface area contributed by atoms with Crippen molar-refractivity contribution < 1.29 is 24.2 Å². The highest BCUT2D eigenvalue weighted by Crippen LogP contribution is 2.35. The van der Waals surface area contributed by atoms with E-state index in [2.05, 4.69) is 10.3 Å². The van der Waals surface area contributed by atoms with E-state index in [0.717, 1.165) is 11.8 Å². The fourth-order valence-corrected chi connectivity index (χ4v) is 3.60. The van der Waals surface area contributed by atoms with Gasteiger partial charge < -0.3 is 19.9 Å². The van der Waals surface area contributed by atoms with E-state index in [1.165, 1.54) is 14.0 Å². The van der Waals surface area contributed by atoms with Crippen molar-refractivity contribution in [1.82, 2.24) is 5.32 Å². The van der Waals surface area contributed by atoms with Gasteiger partial charge >= 0.3 is 5.97 Å². The third-order valence-corrected chi connectivity index (χ3v) is 5.66. The first-order chi connectivity index (χ1) is 14.3. The quantitative estimate of drug-likeness (QED) is 0.596. The first-order valence-corrected chi connectivity index (χ1v) is 10.2. The molecule has 1 aliphatic rings. The summed E-state index contributed by atoms with van der Waals surface area (Å²) in [7, 11) is 1.45. The minimum atomic E-state index is -1.09. The van der Waals surface area contributed by atoms with Crippen LogP contribution in [0.25, 0.3) is 6.08 Å². The molecule has 0 bridgehead atoms. The predicted octanol–water partition coefficient (Wildman–Crippen LogP) is 4.75. The summed E-state index contributed by atoms with van der Waals surface area (Å²) in [6.07, 6.45) is 0.631. The maximum atomic E-state index is 12.3. The van der Waals surface area contributed by atoms with Crippen molar-refractivity contribution in [1.29, 1.82) is 0 Å². The highest BCUT2D eigenvalue weighted by Gasteiger charge is 2.24. The fourth-order valence-electron chi connectivity index (χ4n) is 2.43. The summed E-state index contributed by atoms with van der Waals surface area (Å²) >= 11 is 13.3. The van der Waals surface area contributed by atoms with Crippen molar-refractivity contribution in [2.24, 2.45) is 4.99 Å². The van der Waals surface area contributed by atoms with Crippen LogP contribution in [0.3, 0.4) is 0 Å². The number of nitrogens with zero attached hydrogens (tertiary/aromatic N) is 1. The Hall–Kier alpha value is -2.68. The molecule has 10 heteroatoms. The van der Waals surface area contributed by atoms with Crippen LogP contribution in [0.2, 0.25) is 10.0 Å². The molecule has 1 heterocycles. The number of amides is 1. The van der Waals surface area contributed by atoms with E-state index < -0.39 is 12.1 Å². The van der Waals surface area contributed by atoms with Crippen molar-refractivity contribution in [3.63, 3.8) is 0 Å². The molecule has 2 N–H and O–H groups in total. The van der Waals surface area contributed by atoms with Crippen LogP contribution in [-0.4, -0.2) is 35.4 Å². The Balaban J connectivity index is 1.83. The summed E-state index contributed by atoms with van der Waals surface area (Å²) in [5.41, 5.74) is 1.12. The molecule has 0 aliphatic carbocycles. The molecule has 0 aromatic heterocycles. The van der Waals surface area contributed by atoms with Gasteiger partial charge in [0.15, 0.2) is 22.8 Å². The lowest BCUT2D eigenvalue weighted by atomic mass is 10.2. The lowest BCUT2D eigenvalue weighted by Crippen LogP contribution is -2.23. The van der Waals surface area contributed by atoms with E-state index >= 15 is 0 Å². The minimum absolute atomic E-state index is 0.288. The van der Waals surface area contributed by atoms with E-state index in [1.54, 1.807) is 42.5 Å². The van der Waals surface area contributed by atoms with Crippen molar-refractivity contribution in [2.45, 2.75) is 13.0 Å². The summed E-state index contributed by atoms with van der Waals surface area (Å²) < 4.78 is 10.7. The van der Waals surface area contributed by atoms with Crippen LogP contribution in [0, 0.1) is 0 Å². The lowest BCUT2D eigenvalue weighted by molar-refractivity contribution is -0.144. The maximum Gasteiger partial charge on any atom is 0.344 e. The molecule has 1 fully saturated rings. The van der Waals surface area contributed by atoms with Gasteiger partial charge in [-0.05, 0) is 54.6 Å². The van der Waals surface area contributed by atoms with Gasteiger partial charge in [0, 0.05) is 0 Å². The van der Waals surface area contributed by atoms with Crippen LogP contribution < -0.4 is 14.8 Å². The molecule has 156 valence electrons. The molecule has 1 saturated heterocycles. The third-order valence-electron chi connectivity index (χ3n) is 3.94. The minimum Gasteiger partial charge on any atom is -0.493 e. The maximum absolute atomic E-state index is 12.3. The van der Waals surface area contributed by atoms with Gasteiger partial charge in [-0.25, -0.2) is 9.79 Å². The van der Waals surface area contributed by atoms with Crippen LogP contribution in [0.5, 0.6) is 11.5 Å². The number of rotatable bonds is 6. The third kappa shape index (κ3) is 5.08. The van der Waals surface area contributed by atoms with Crippen LogP contribution in [-0.2, 0) is 9.59 Å². The van der Waals surface area contributed by atoms with E-state index in [-0.39, 0.29) is 11.7 Å². The highest BCUT2D eigenvalue weighted by atomic mass is 35.5. The number of carboxylic acids is 1. The molecule has 3 rings (SSSR count). The van der Waals surface area contributed by atoms with E-state index in [0.29, 0.717) is 37.1 Å². The number of halogens is 2. The van der Waals surface area contributed by atoms with Crippen LogP contribution in [0.15, 0.2) is 46.3 Å². The molecule has 0 spiro atoms. The molecule has 0 radical (unpaired) electrons. The first kappa shape index (κ1) is 22.0. The van der Waals surface area contributed by atoms with Crippen LogP contribution >= 0.6 is 35.0 Å². The van der Waals surface area contributed by atoms with Gasteiger partial charge in [0.25, 0.3) is 5.91 Å². The van der Waals surface area contributed by atoms with Gasteiger partial charge in [-0.2, -0.15) is 0 Å². The number of amidine groups is 1. The van der Waals surface area contributed by atoms with E-state index in [9.17, 15) is 9.59 Å². The average Bonchev–Trinajstić information content (AvgIpc) is 3.05. The summed E-state index contributed by atoms with van der Waals surface area (Å²) in [5.74, 6) is -0.763. The van der Waals surface area contributed by atoms with Crippen molar-refractivity contribution >= 4 is 63.8 Å². The zero-order valence-electron chi connectivity index (χ0n) is 15.8. The van der Waals surface area contributed by atoms with Gasteiger partial charge in [-0.1, -0.05) is 35.3 Å². The number of carboxylic acid groups (broad SMARTS) is 1. The SMILES string of the molecule is COc1cc(/C=C2/SC(=Nc3cccc(Cl)c3Cl)NC2=O)ccc1OC(C)C(=O)O. The van der Waals surface area contributed by atoms with Gasteiger partial charge in [0.2, 0.25) is 0 Å². The molecule has 7 nitrogen and oxygen atoms in total. The predicted molar refractivity (Wildman–Crippen MR) is 118 cm³/mol. The van der Waals surface area contributed by atoms with E-state index in [1.807, 2.05) is 0 Å². The molecule has 2 aromatic carbocycles. The number of aliphatic carboxylic acids is 1. The molecule has 30 heavy (non-hydrogen) atoms. The van der Waals surface area contributed by atoms with Gasteiger partial charge in [0.1, 0.15) is 0 Å². The number of nitrogens with one attached hydrogen (secondary N) is 1. The number of aliphatic imine (C=N–C) groups is 1. The number of hydrogen-bond acceptors (Lipinski definition) is 6. The fraction of sp³-hybridized carbons (Fsp3) is 0.150. The molecule has 2 aromatic rings. The number of benzene rings is 2. The average molecular weight is 467 g/mol. The summed E-state index contributed by atoms with van der Waals surface area (Å²) in [4.78, 5) is 28.1. The summed E-state index contributed by atoms with van der Waals surface area (Å²) in [6, 6.07) is 9.98. The Bertz CT molecular complexity index is 1070. The number of methoxy groups -OCH3 is 1. The molecule has 1 unspecified atom stereocenters. The summed E-state index contributed by atoms with van der Waals surface area (Å²) in [5, 5.41) is 12.7. The number of carbonyl (C=O) groups is 2. The van der Waals surface area contributed by atoms with Crippen molar-refractivity contribution in [3.8, 4) is 11.5 Å². The van der Waals surface area contributed by atoms with Crippen LogP contribution in [0.4, 0.5) is 5.69 Å².